The molecule has 3 heterocycles. The molecule has 126 valence electrons. The molecule has 2 N–H and O–H groups in total. The lowest BCUT2D eigenvalue weighted by Crippen LogP contribution is -2.26. The summed E-state index contributed by atoms with van der Waals surface area (Å²) in [6, 6.07) is 13.0. The quantitative estimate of drug-likeness (QED) is 0.556. The Morgan fingerprint density at radius 2 is 1.72 bits per heavy atom. The fourth-order valence-corrected chi connectivity index (χ4v) is 4.86. The topological polar surface area (TPSA) is 53.6 Å². The average molecular weight is 348 g/mol. The van der Waals surface area contributed by atoms with Gasteiger partial charge in [-0.25, -0.2) is 9.97 Å². The van der Waals surface area contributed by atoms with Gasteiger partial charge in [-0.3, -0.25) is 0 Å². The number of aryl methyl sites for hydroxylation is 1. The minimum atomic E-state index is 0.617. The van der Waals surface area contributed by atoms with E-state index in [0.717, 1.165) is 35.5 Å². The third-order valence-electron chi connectivity index (χ3n) is 5.03. The Morgan fingerprint density at radius 3 is 2.56 bits per heavy atom. The zero-order valence-corrected chi connectivity index (χ0v) is 15.0. The second-order valence-corrected chi connectivity index (χ2v) is 7.88. The van der Waals surface area contributed by atoms with E-state index in [0.29, 0.717) is 5.92 Å². The van der Waals surface area contributed by atoms with Gasteiger partial charge in [-0.2, -0.15) is 0 Å². The van der Waals surface area contributed by atoms with Crippen molar-refractivity contribution in [3.05, 3.63) is 47.2 Å². The Hall–Kier alpha value is -2.24. The van der Waals surface area contributed by atoms with Gasteiger partial charge in [-0.05, 0) is 68.2 Å². The van der Waals surface area contributed by atoms with Crippen molar-refractivity contribution in [2.24, 2.45) is 0 Å². The van der Waals surface area contributed by atoms with Crippen LogP contribution in [0.3, 0.4) is 0 Å². The van der Waals surface area contributed by atoms with Crippen LogP contribution in [0.15, 0.2) is 36.4 Å². The molecule has 0 bridgehead atoms. The monoisotopic (exact) mass is 348 g/mol. The lowest BCUT2D eigenvalue weighted by atomic mass is 9.99. The molecular weight excluding hydrogens is 328 g/mol. The van der Waals surface area contributed by atoms with Gasteiger partial charge in [0.1, 0.15) is 5.82 Å². The van der Waals surface area contributed by atoms with Gasteiger partial charge in [0.15, 0.2) is 0 Å². The molecule has 0 amide bonds. The third kappa shape index (κ3) is 2.73. The predicted molar refractivity (Wildman–Crippen MR) is 104 cm³/mol. The zero-order valence-electron chi connectivity index (χ0n) is 14.2. The Kier molecular flexibility index (Phi) is 3.57. The number of hydrogen-bond donors (Lipinski definition) is 2. The summed E-state index contributed by atoms with van der Waals surface area (Å²) in [6.45, 7) is 4.20. The fourth-order valence-electron chi connectivity index (χ4n) is 3.68. The van der Waals surface area contributed by atoms with E-state index in [4.69, 9.17) is 4.98 Å². The number of H-pyrrole nitrogens is 1. The molecule has 2 aromatic carbocycles. The largest absolute Gasteiger partial charge is 0.342 e. The second kappa shape index (κ2) is 5.93. The van der Waals surface area contributed by atoms with E-state index in [-0.39, 0.29) is 0 Å². The van der Waals surface area contributed by atoms with Crippen LogP contribution in [0.25, 0.3) is 32.4 Å². The van der Waals surface area contributed by atoms with E-state index in [1.807, 2.05) is 18.3 Å². The molecule has 1 aliphatic heterocycles. The molecule has 4 nitrogen and oxygen atoms in total. The van der Waals surface area contributed by atoms with E-state index in [1.165, 1.54) is 33.7 Å². The fraction of sp³-hybridized carbons (Fsp3) is 0.300. The number of hydrogen-bond acceptors (Lipinski definition) is 4. The predicted octanol–water partition coefficient (Wildman–Crippen LogP) is 4.62. The molecule has 5 heteroatoms. The number of nitrogens with zero attached hydrogens (tertiary/aromatic N) is 2. The van der Waals surface area contributed by atoms with Crippen molar-refractivity contribution in [3.8, 4) is 11.1 Å². The van der Waals surface area contributed by atoms with Gasteiger partial charge < -0.3 is 10.3 Å². The number of imidazole rings is 1. The number of rotatable bonds is 2. The molecule has 5 rings (SSSR count). The maximum absolute atomic E-state index is 4.90. The van der Waals surface area contributed by atoms with Crippen LogP contribution in [-0.2, 0) is 0 Å². The Balaban J connectivity index is 1.54. The molecule has 2 aromatic heterocycles. The van der Waals surface area contributed by atoms with Gasteiger partial charge in [-0.15, -0.1) is 11.3 Å². The highest BCUT2D eigenvalue weighted by molar-refractivity contribution is 7.18. The Labute approximate surface area is 150 Å². The van der Waals surface area contributed by atoms with E-state index in [1.54, 1.807) is 0 Å². The van der Waals surface area contributed by atoms with Crippen LogP contribution < -0.4 is 5.32 Å². The molecule has 4 aromatic rings. The van der Waals surface area contributed by atoms with Crippen LogP contribution in [0.4, 0.5) is 0 Å². The smallest absolute Gasteiger partial charge is 0.104 e. The van der Waals surface area contributed by atoms with E-state index in [9.17, 15) is 0 Å². The number of aromatic amines is 1. The van der Waals surface area contributed by atoms with E-state index < -0.39 is 0 Å². The number of thiazole rings is 1. The van der Waals surface area contributed by atoms with Crippen LogP contribution in [-0.4, -0.2) is 28.0 Å². The van der Waals surface area contributed by atoms with Crippen molar-refractivity contribution in [1.82, 2.24) is 20.3 Å². The molecule has 0 atom stereocenters. The van der Waals surface area contributed by atoms with Gasteiger partial charge in [0.2, 0.25) is 0 Å². The Morgan fingerprint density at radius 1 is 0.960 bits per heavy atom. The molecule has 0 aliphatic carbocycles. The molecule has 0 radical (unpaired) electrons. The number of aromatic nitrogens is 3. The van der Waals surface area contributed by atoms with Crippen molar-refractivity contribution >= 4 is 32.6 Å². The van der Waals surface area contributed by atoms with Crippen LogP contribution in [0, 0.1) is 6.92 Å². The summed E-state index contributed by atoms with van der Waals surface area (Å²) in [5.74, 6) is 1.57. The molecule has 0 unspecified atom stereocenters. The molecule has 0 saturated carbocycles. The molecule has 25 heavy (non-hydrogen) atoms. The lowest BCUT2D eigenvalue weighted by molar-refractivity contribution is 0.459. The molecule has 0 spiro atoms. The second-order valence-electron chi connectivity index (χ2n) is 6.81. The molecule has 1 fully saturated rings. The van der Waals surface area contributed by atoms with Gasteiger partial charge in [0.05, 0.1) is 26.3 Å². The SMILES string of the molecule is Cc1nc2ccc(-c3ccc4nc(C5CCNCC5)sc4c3)cc2[nH]1. The van der Waals surface area contributed by atoms with Crippen molar-refractivity contribution < 1.29 is 0 Å². The maximum Gasteiger partial charge on any atom is 0.104 e. The third-order valence-corrected chi connectivity index (χ3v) is 6.21. The highest BCUT2D eigenvalue weighted by Crippen LogP contribution is 2.34. The van der Waals surface area contributed by atoms with Crippen molar-refractivity contribution in [2.75, 3.05) is 13.1 Å². The van der Waals surface area contributed by atoms with E-state index >= 15 is 0 Å². The lowest BCUT2D eigenvalue weighted by Gasteiger charge is -2.20. The van der Waals surface area contributed by atoms with Gasteiger partial charge in [-0.1, -0.05) is 12.1 Å². The highest BCUT2D eigenvalue weighted by atomic mass is 32.1. The highest BCUT2D eigenvalue weighted by Gasteiger charge is 2.19. The molecular formula is C20H20N4S. The van der Waals surface area contributed by atoms with Crippen LogP contribution >= 0.6 is 11.3 Å². The van der Waals surface area contributed by atoms with Crippen LogP contribution in [0.1, 0.15) is 29.6 Å². The summed E-state index contributed by atoms with van der Waals surface area (Å²) in [7, 11) is 0. The normalized spacial score (nSPS) is 16.0. The minimum absolute atomic E-state index is 0.617. The standard InChI is InChI=1S/C20H20N4S/c1-12-22-16-4-2-14(10-18(16)23-12)15-3-5-17-19(11-15)25-20(24-17)13-6-8-21-9-7-13/h2-5,10-11,13,21H,6-9H2,1H3,(H,22,23). The first-order chi connectivity index (χ1) is 12.3. The van der Waals surface area contributed by atoms with Crippen molar-refractivity contribution in [2.45, 2.75) is 25.7 Å². The minimum Gasteiger partial charge on any atom is -0.342 e. The van der Waals surface area contributed by atoms with Crippen molar-refractivity contribution in [3.63, 3.8) is 0 Å². The number of benzene rings is 2. The van der Waals surface area contributed by atoms with Gasteiger partial charge in [0, 0.05) is 5.92 Å². The summed E-state index contributed by atoms with van der Waals surface area (Å²) in [4.78, 5) is 12.7. The first-order valence-corrected chi connectivity index (χ1v) is 9.66. The van der Waals surface area contributed by atoms with E-state index in [2.05, 4.69) is 51.7 Å². The van der Waals surface area contributed by atoms with Gasteiger partial charge in [0.25, 0.3) is 0 Å². The summed E-state index contributed by atoms with van der Waals surface area (Å²) in [6.07, 6.45) is 2.39. The maximum atomic E-state index is 4.90. The summed E-state index contributed by atoms with van der Waals surface area (Å²) < 4.78 is 1.28. The van der Waals surface area contributed by atoms with Crippen molar-refractivity contribution in [1.29, 1.82) is 0 Å². The Bertz CT molecular complexity index is 1060. The zero-order chi connectivity index (χ0) is 16.8. The number of piperidine rings is 1. The van der Waals surface area contributed by atoms with Crippen LogP contribution in [0.5, 0.6) is 0 Å². The molecule has 1 saturated heterocycles. The number of nitrogens with one attached hydrogen (secondary N) is 2. The molecule has 1 aliphatic rings. The first-order valence-electron chi connectivity index (χ1n) is 8.84. The average Bonchev–Trinajstić information content (AvgIpc) is 3.23. The first kappa shape index (κ1) is 15.0. The summed E-state index contributed by atoms with van der Waals surface area (Å²) >= 11 is 1.86. The summed E-state index contributed by atoms with van der Waals surface area (Å²) in [5.41, 5.74) is 5.70. The van der Waals surface area contributed by atoms with Crippen LogP contribution in [0.2, 0.25) is 0 Å². The summed E-state index contributed by atoms with van der Waals surface area (Å²) in [5, 5.41) is 4.73. The number of fused-ring (bicyclic) bond motifs is 2. The van der Waals surface area contributed by atoms with Gasteiger partial charge >= 0.3 is 0 Å².